The van der Waals surface area contributed by atoms with Gasteiger partial charge < -0.3 is 10.1 Å². The summed E-state index contributed by atoms with van der Waals surface area (Å²) >= 11 is 1.89. The van der Waals surface area contributed by atoms with E-state index in [1.165, 1.54) is 0 Å². The van der Waals surface area contributed by atoms with Gasteiger partial charge in [-0.05, 0) is 31.2 Å². The van der Waals surface area contributed by atoms with Crippen molar-refractivity contribution < 1.29 is 0 Å². The Morgan fingerprint density at radius 1 is 1.50 bits per heavy atom. The van der Waals surface area contributed by atoms with Crippen molar-refractivity contribution in [1.29, 1.82) is 0 Å². The zero-order chi connectivity index (χ0) is 11.4. The van der Waals surface area contributed by atoms with Crippen LogP contribution in [-0.4, -0.2) is 21.2 Å². The third-order valence-corrected chi connectivity index (χ3v) is 3.41. The van der Waals surface area contributed by atoms with Gasteiger partial charge >= 0.3 is 0 Å². The molecule has 0 bridgehead atoms. The van der Waals surface area contributed by atoms with Crippen molar-refractivity contribution in [2.45, 2.75) is 25.1 Å². The highest BCUT2D eigenvalue weighted by molar-refractivity contribution is 7.98. The standard InChI is InChI=1S/C12H17N3S/c1-10(13)5-7-16-9-11-8-15-6-3-2-4-12(15)14-11/h2-4,6,8,10H,5,7,9,13H2,1H3. The van der Waals surface area contributed by atoms with Gasteiger partial charge in [0.1, 0.15) is 5.65 Å². The number of rotatable bonds is 5. The van der Waals surface area contributed by atoms with E-state index < -0.39 is 0 Å². The predicted molar refractivity (Wildman–Crippen MR) is 69.6 cm³/mol. The lowest BCUT2D eigenvalue weighted by atomic mass is 10.3. The van der Waals surface area contributed by atoms with Crippen LogP contribution in [0.25, 0.3) is 5.65 Å². The van der Waals surface area contributed by atoms with Crippen LogP contribution in [0.15, 0.2) is 30.6 Å². The van der Waals surface area contributed by atoms with Crippen LogP contribution in [0.2, 0.25) is 0 Å². The van der Waals surface area contributed by atoms with E-state index in [2.05, 4.69) is 15.6 Å². The second-order valence-electron chi connectivity index (χ2n) is 4.02. The number of hydrogen-bond donors (Lipinski definition) is 1. The molecule has 4 heteroatoms. The van der Waals surface area contributed by atoms with E-state index in [9.17, 15) is 0 Å². The molecule has 0 aliphatic rings. The van der Waals surface area contributed by atoms with Gasteiger partial charge in [0.25, 0.3) is 0 Å². The first-order valence-corrected chi connectivity index (χ1v) is 6.67. The average Bonchev–Trinajstić information content (AvgIpc) is 2.66. The van der Waals surface area contributed by atoms with Gasteiger partial charge in [-0.1, -0.05) is 6.07 Å². The summed E-state index contributed by atoms with van der Waals surface area (Å²) in [7, 11) is 0. The molecule has 0 radical (unpaired) electrons. The van der Waals surface area contributed by atoms with Crippen molar-refractivity contribution >= 4 is 17.4 Å². The fraction of sp³-hybridized carbons (Fsp3) is 0.417. The molecule has 2 aromatic rings. The summed E-state index contributed by atoms with van der Waals surface area (Å²) in [5.74, 6) is 2.07. The zero-order valence-electron chi connectivity index (χ0n) is 9.47. The molecular formula is C12H17N3S. The van der Waals surface area contributed by atoms with Gasteiger partial charge in [-0.15, -0.1) is 0 Å². The lowest BCUT2D eigenvalue weighted by Gasteiger charge is -2.02. The number of aromatic nitrogens is 2. The number of fused-ring (bicyclic) bond motifs is 1. The number of pyridine rings is 1. The Morgan fingerprint density at radius 3 is 3.12 bits per heavy atom. The molecule has 1 atom stereocenters. The molecule has 3 nitrogen and oxygen atoms in total. The molecule has 0 aromatic carbocycles. The molecule has 0 saturated carbocycles. The summed E-state index contributed by atoms with van der Waals surface area (Å²) in [6, 6.07) is 6.35. The van der Waals surface area contributed by atoms with Crippen molar-refractivity contribution in [2.75, 3.05) is 5.75 Å². The van der Waals surface area contributed by atoms with Crippen molar-refractivity contribution in [3.8, 4) is 0 Å². The SMILES string of the molecule is CC(N)CCSCc1cn2ccccc2n1. The molecule has 0 amide bonds. The minimum Gasteiger partial charge on any atom is -0.328 e. The minimum absolute atomic E-state index is 0.300. The van der Waals surface area contributed by atoms with E-state index >= 15 is 0 Å². The van der Waals surface area contributed by atoms with Crippen LogP contribution in [0.4, 0.5) is 0 Å². The van der Waals surface area contributed by atoms with E-state index in [1.54, 1.807) is 0 Å². The Hall–Kier alpha value is -1.00. The monoisotopic (exact) mass is 235 g/mol. The molecule has 16 heavy (non-hydrogen) atoms. The normalized spacial score (nSPS) is 13.1. The summed E-state index contributed by atoms with van der Waals surface area (Å²) in [4.78, 5) is 4.54. The lowest BCUT2D eigenvalue weighted by molar-refractivity contribution is 0.721. The van der Waals surface area contributed by atoms with Crippen LogP contribution in [-0.2, 0) is 5.75 Å². The molecule has 2 rings (SSSR count). The van der Waals surface area contributed by atoms with Crippen LogP contribution in [0.1, 0.15) is 19.0 Å². The third kappa shape index (κ3) is 3.00. The van der Waals surface area contributed by atoms with Gasteiger partial charge in [0, 0.05) is 24.2 Å². The Labute approximate surface area is 100 Å². The van der Waals surface area contributed by atoms with Crippen molar-refractivity contribution in [3.63, 3.8) is 0 Å². The second kappa shape index (κ2) is 5.37. The van der Waals surface area contributed by atoms with E-state index in [0.717, 1.165) is 29.3 Å². The Kier molecular flexibility index (Phi) is 3.85. The van der Waals surface area contributed by atoms with Crippen molar-refractivity contribution in [2.24, 2.45) is 5.73 Å². The van der Waals surface area contributed by atoms with Crippen molar-refractivity contribution in [1.82, 2.24) is 9.38 Å². The summed E-state index contributed by atoms with van der Waals surface area (Å²) in [6.45, 7) is 2.05. The first-order chi connectivity index (χ1) is 7.75. The summed E-state index contributed by atoms with van der Waals surface area (Å²) in [5, 5.41) is 0. The Balaban J connectivity index is 1.89. The van der Waals surface area contributed by atoms with Crippen molar-refractivity contribution in [3.05, 3.63) is 36.3 Å². The molecule has 0 spiro atoms. The Morgan fingerprint density at radius 2 is 2.38 bits per heavy atom. The van der Waals surface area contributed by atoms with E-state index in [0.29, 0.717) is 6.04 Å². The highest BCUT2D eigenvalue weighted by Crippen LogP contribution is 2.13. The number of nitrogens with zero attached hydrogens (tertiary/aromatic N) is 2. The lowest BCUT2D eigenvalue weighted by Crippen LogP contribution is -2.15. The quantitative estimate of drug-likeness (QED) is 0.809. The fourth-order valence-corrected chi connectivity index (χ4v) is 2.53. The molecule has 0 fully saturated rings. The number of hydrogen-bond acceptors (Lipinski definition) is 3. The number of thioether (sulfide) groups is 1. The molecular weight excluding hydrogens is 218 g/mol. The minimum atomic E-state index is 0.300. The largest absolute Gasteiger partial charge is 0.328 e. The van der Waals surface area contributed by atoms with Crippen LogP contribution in [0, 0.1) is 0 Å². The summed E-state index contributed by atoms with van der Waals surface area (Å²) < 4.78 is 2.06. The van der Waals surface area contributed by atoms with Crippen LogP contribution < -0.4 is 5.73 Å². The van der Waals surface area contributed by atoms with Crippen LogP contribution in [0.3, 0.4) is 0 Å². The first kappa shape index (κ1) is 11.5. The molecule has 0 aliphatic heterocycles. The topological polar surface area (TPSA) is 43.3 Å². The zero-order valence-corrected chi connectivity index (χ0v) is 10.3. The van der Waals surface area contributed by atoms with E-state index in [-0.39, 0.29) is 0 Å². The summed E-state index contributed by atoms with van der Waals surface area (Å²) in [6.07, 6.45) is 5.19. The fourth-order valence-electron chi connectivity index (χ4n) is 1.50. The maximum atomic E-state index is 5.70. The second-order valence-corrected chi connectivity index (χ2v) is 5.12. The van der Waals surface area contributed by atoms with E-state index in [1.807, 2.05) is 43.1 Å². The molecule has 0 saturated heterocycles. The number of imidazole rings is 1. The molecule has 2 heterocycles. The molecule has 2 aromatic heterocycles. The highest BCUT2D eigenvalue weighted by Gasteiger charge is 2.01. The smallest absolute Gasteiger partial charge is 0.137 e. The van der Waals surface area contributed by atoms with Gasteiger partial charge in [-0.2, -0.15) is 11.8 Å². The van der Waals surface area contributed by atoms with Gasteiger partial charge in [0.15, 0.2) is 0 Å². The molecule has 86 valence electrons. The molecule has 0 aliphatic carbocycles. The first-order valence-electron chi connectivity index (χ1n) is 5.51. The van der Waals surface area contributed by atoms with Crippen LogP contribution in [0.5, 0.6) is 0 Å². The molecule has 1 unspecified atom stereocenters. The maximum Gasteiger partial charge on any atom is 0.137 e. The molecule has 2 N–H and O–H groups in total. The van der Waals surface area contributed by atoms with Gasteiger partial charge in [0.05, 0.1) is 5.69 Å². The van der Waals surface area contributed by atoms with Gasteiger partial charge in [-0.3, -0.25) is 0 Å². The third-order valence-electron chi connectivity index (χ3n) is 2.38. The average molecular weight is 235 g/mol. The number of nitrogens with two attached hydrogens (primary N) is 1. The van der Waals surface area contributed by atoms with Gasteiger partial charge in [-0.25, -0.2) is 4.98 Å². The highest BCUT2D eigenvalue weighted by atomic mass is 32.2. The summed E-state index contributed by atoms with van der Waals surface area (Å²) in [5.41, 5.74) is 7.86. The Bertz CT molecular complexity index is 417. The maximum absolute atomic E-state index is 5.70. The van der Waals surface area contributed by atoms with Crippen LogP contribution >= 0.6 is 11.8 Å². The predicted octanol–water partition coefficient (Wildman–Crippen LogP) is 2.30. The van der Waals surface area contributed by atoms with Gasteiger partial charge in [0.2, 0.25) is 0 Å². The van der Waals surface area contributed by atoms with E-state index in [4.69, 9.17) is 5.73 Å².